The molecule has 7 nitrogen and oxygen atoms in total. The smallest absolute Gasteiger partial charge is 0.331 e. The Labute approximate surface area is 181 Å². The molecule has 0 saturated heterocycles. The second-order valence-corrected chi connectivity index (χ2v) is 8.41. The molecule has 7 heteroatoms. The average molecular weight is 425 g/mol. The normalized spacial score (nSPS) is 16.6. The Morgan fingerprint density at radius 1 is 1.06 bits per heavy atom. The molecule has 3 heterocycles. The summed E-state index contributed by atoms with van der Waals surface area (Å²) >= 11 is 0. The van der Waals surface area contributed by atoms with Gasteiger partial charge in [-0.1, -0.05) is 57.7 Å². The van der Waals surface area contributed by atoms with Crippen molar-refractivity contribution in [2.24, 2.45) is 0 Å². The molecule has 1 aliphatic heterocycles. The molecule has 0 aliphatic carbocycles. The van der Waals surface area contributed by atoms with Crippen molar-refractivity contribution >= 4 is 10.9 Å². The molecule has 0 spiro atoms. The molecule has 1 atom stereocenters. The number of para-hydroxylation sites is 1. The van der Waals surface area contributed by atoms with E-state index in [0.717, 1.165) is 68.2 Å². The van der Waals surface area contributed by atoms with Gasteiger partial charge in [-0.3, -0.25) is 19.2 Å². The molecule has 0 saturated carbocycles. The van der Waals surface area contributed by atoms with E-state index < -0.39 is 17.3 Å². The minimum Gasteiger partial charge on any atom is -0.494 e. The maximum atomic E-state index is 12.9. The van der Waals surface area contributed by atoms with Gasteiger partial charge in [0.05, 0.1) is 6.04 Å². The molecule has 0 radical (unpaired) electrons. The summed E-state index contributed by atoms with van der Waals surface area (Å²) < 4.78 is 1.33. The van der Waals surface area contributed by atoms with Gasteiger partial charge in [-0.2, -0.15) is 0 Å². The van der Waals surface area contributed by atoms with Crippen LogP contribution < -0.4 is 11.2 Å². The first kappa shape index (κ1) is 21.4. The van der Waals surface area contributed by atoms with Gasteiger partial charge in [0.2, 0.25) is 5.88 Å². The van der Waals surface area contributed by atoms with Crippen molar-refractivity contribution in [2.75, 3.05) is 13.1 Å². The number of aromatic nitrogens is 3. The van der Waals surface area contributed by atoms with Gasteiger partial charge >= 0.3 is 5.69 Å². The van der Waals surface area contributed by atoms with Gasteiger partial charge in [0.1, 0.15) is 5.56 Å². The molecule has 1 aliphatic rings. The van der Waals surface area contributed by atoms with Crippen LogP contribution in [0.5, 0.6) is 5.88 Å². The molecule has 0 bridgehead atoms. The van der Waals surface area contributed by atoms with Gasteiger partial charge in [0.15, 0.2) is 0 Å². The third-order valence-corrected chi connectivity index (χ3v) is 6.51. The van der Waals surface area contributed by atoms with Crippen LogP contribution in [0.4, 0.5) is 0 Å². The lowest BCUT2D eigenvalue weighted by atomic mass is 9.93. The third-order valence-electron chi connectivity index (χ3n) is 6.51. The van der Waals surface area contributed by atoms with Crippen LogP contribution in [0.2, 0.25) is 0 Å². The van der Waals surface area contributed by atoms with E-state index in [1.54, 1.807) is 0 Å². The predicted molar refractivity (Wildman–Crippen MR) is 123 cm³/mol. The fraction of sp³-hybridized carbons (Fsp3) is 0.500. The number of rotatable bonds is 8. The van der Waals surface area contributed by atoms with Gasteiger partial charge in [0.25, 0.3) is 5.56 Å². The number of unbranched alkanes of at least 4 members (excludes halogenated alkanes) is 4. The van der Waals surface area contributed by atoms with E-state index >= 15 is 0 Å². The predicted octanol–water partition coefficient (Wildman–Crippen LogP) is 3.66. The molecule has 1 aromatic carbocycles. The number of likely N-dealkylation sites (N-methyl/N-ethyl adjacent to an activating group) is 1. The van der Waals surface area contributed by atoms with E-state index in [1.165, 1.54) is 10.1 Å². The van der Waals surface area contributed by atoms with E-state index in [0.29, 0.717) is 6.54 Å². The van der Waals surface area contributed by atoms with Crippen LogP contribution in [0.25, 0.3) is 10.9 Å². The van der Waals surface area contributed by atoms with Crippen molar-refractivity contribution in [3.8, 4) is 5.88 Å². The minimum absolute atomic E-state index is 0.209. The van der Waals surface area contributed by atoms with E-state index in [9.17, 15) is 14.7 Å². The molecular weight excluding hydrogens is 392 g/mol. The van der Waals surface area contributed by atoms with Crippen LogP contribution in [0.15, 0.2) is 33.9 Å². The Morgan fingerprint density at radius 2 is 1.84 bits per heavy atom. The van der Waals surface area contributed by atoms with E-state index in [1.807, 2.05) is 18.2 Å². The fourth-order valence-corrected chi connectivity index (χ4v) is 4.86. The number of fused-ring (bicyclic) bond motifs is 3. The van der Waals surface area contributed by atoms with Crippen LogP contribution in [0.3, 0.4) is 0 Å². The molecule has 3 aromatic rings. The molecule has 31 heavy (non-hydrogen) atoms. The monoisotopic (exact) mass is 424 g/mol. The summed E-state index contributed by atoms with van der Waals surface area (Å²) in [5.74, 6) is -0.209. The van der Waals surface area contributed by atoms with Gasteiger partial charge in [-0.15, -0.1) is 0 Å². The van der Waals surface area contributed by atoms with Crippen molar-refractivity contribution in [3.63, 3.8) is 0 Å². The summed E-state index contributed by atoms with van der Waals surface area (Å²) in [6, 6.07) is 7.70. The van der Waals surface area contributed by atoms with Gasteiger partial charge in [-0.25, -0.2) is 4.79 Å². The van der Waals surface area contributed by atoms with E-state index in [2.05, 4.69) is 34.8 Å². The SMILES string of the molecule is CCCCCCCn1c(O)c([C@@H]2c3[nH]c4ccccc4c3CCN2CC)c(=O)[nH]c1=O. The summed E-state index contributed by atoms with van der Waals surface area (Å²) in [6.07, 6.45) is 6.07. The lowest BCUT2D eigenvalue weighted by molar-refractivity contribution is 0.214. The van der Waals surface area contributed by atoms with E-state index in [-0.39, 0.29) is 11.4 Å². The molecule has 0 fully saturated rings. The maximum Gasteiger partial charge on any atom is 0.331 e. The summed E-state index contributed by atoms with van der Waals surface area (Å²) in [5.41, 5.74) is 2.33. The lowest BCUT2D eigenvalue weighted by Gasteiger charge is -2.35. The Hall–Kier alpha value is -2.80. The Kier molecular flexibility index (Phi) is 6.32. The largest absolute Gasteiger partial charge is 0.494 e. The number of nitrogens with one attached hydrogen (secondary N) is 2. The van der Waals surface area contributed by atoms with Gasteiger partial charge < -0.3 is 10.1 Å². The summed E-state index contributed by atoms with van der Waals surface area (Å²) in [6.45, 7) is 6.12. The van der Waals surface area contributed by atoms with Crippen LogP contribution in [-0.2, 0) is 13.0 Å². The van der Waals surface area contributed by atoms with Crippen LogP contribution in [-0.4, -0.2) is 37.6 Å². The highest BCUT2D eigenvalue weighted by atomic mass is 16.3. The van der Waals surface area contributed by atoms with Crippen LogP contribution >= 0.6 is 0 Å². The maximum absolute atomic E-state index is 12.9. The van der Waals surface area contributed by atoms with Crippen LogP contribution in [0.1, 0.15) is 68.8 Å². The first-order chi connectivity index (χ1) is 15.1. The van der Waals surface area contributed by atoms with E-state index in [4.69, 9.17) is 0 Å². The van der Waals surface area contributed by atoms with Crippen molar-refractivity contribution in [2.45, 2.75) is 65.0 Å². The Balaban J connectivity index is 1.78. The highest BCUT2D eigenvalue weighted by Gasteiger charge is 2.35. The number of benzene rings is 1. The second-order valence-electron chi connectivity index (χ2n) is 8.41. The summed E-state index contributed by atoms with van der Waals surface area (Å²) in [7, 11) is 0. The zero-order valence-corrected chi connectivity index (χ0v) is 18.4. The quantitative estimate of drug-likeness (QED) is 0.481. The molecule has 0 amide bonds. The summed E-state index contributed by atoms with van der Waals surface area (Å²) in [5, 5.41) is 12.3. The molecule has 3 N–H and O–H groups in total. The van der Waals surface area contributed by atoms with Crippen LogP contribution in [0, 0.1) is 0 Å². The average Bonchev–Trinajstić information content (AvgIpc) is 3.14. The number of H-pyrrole nitrogens is 2. The standard InChI is InChI=1S/C24H32N4O3/c1-3-5-6-7-10-14-28-23(30)19(22(29)26-24(28)31)21-20-17(13-15-27(21)4-2)16-11-8-9-12-18(16)25-20/h8-9,11-12,21,25,30H,3-7,10,13-15H2,1-2H3,(H,26,29,31)/t21-/m1/s1. The zero-order chi connectivity index (χ0) is 22.0. The van der Waals surface area contributed by atoms with Crippen molar-refractivity contribution in [1.29, 1.82) is 0 Å². The van der Waals surface area contributed by atoms with Crippen molar-refractivity contribution < 1.29 is 5.11 Å². The number of nitrogens with zero attached hydrogens (tertiary/aromatic N) is 2. The highest BCUT2D eigenvalue weighted by molar-refractivity contribution is 5.85. The number of aromatic hydroxyl groups is 1. The molecule has 166 valence electrons. The van der Waals surface area contributed by atoms with Gasteiger partial charge in [-0.05, 0) is 31.0 Å². The highest BCUT2D eigenvalue weighted by Crippen LogP contribution is 2.39. The molecule has 4 rings (SSSR count). The second kappa shape index (κ2) is 9.14. The number of aromatic amines is 2. The van der Waals surface area contributed by atoms with Crippen molar-refractivity contribution in [3.05, 3.63) is 61.9 Å². The molecule has 2 aromatic heterocycles. The number of hydrogen-bond donors (Lipinski definition) is 3. The molecular formula is C24H32N4O3. The van der Waals surface area contributed by atoms with Crippen molar-refractivity contribution in [1.82, 2.24) is 19.4 Å². The zero-order valence-electron chi connectivity index (χ0n) is 18.4. The first-order valence-electron chi connectivity index (χ1n) is 11.5. The Bertz CT molecular complexity index is 1170. The minimum atomic E-state index is -0.544. The Morgan fingerprint density at radius 3 is 2.61 bits per heavy atom. The molecule has 0 unspecified atom stereocenters. The number of hydrogen-bond acceptors (Lipinski definition) is 4. The first-order valence-corrected chi connectivity index (χ1v) is 11.5. The third kappa shape index (κ3) is 3.94. The fourth-order valence-electron chi connectivity index (χ4n) is 4.86. The lowest BCUT2D eigenvalue weighted by Crippen LogP contribution is -2.41. The summed E-state index contributed by atoms with van der Waals surface area (Å²) in [4.78, 5) is 33.6. The topological polar surface area (TPSA) is 94.1 Å². The van der Waals surface area contributed by atoms with Gasteiger partial charge in [0, 0.05) is 29.7 Å².